The number of hydrogen-bond donors (Lipinski definition) is 2. The molecular weight excluding hydrogens is 312 g/mol. The highest BCUT2D eigenvalue weighted by atomic mass is 16.5. The van der Waals surface area contributed by atoms with E-state index in [1.165, 1.54) is 22.3 Å². The molecule has 1 amide bonds. The Hall–Kier alpha value is -2.33. The molecule has 1 fully saturated rings. The molecule has 4 heteroatoms. The first kappa shape index (κ1) is 16.2. The molecule has 1 saturated carbocycles. The van der Waals surface area contributed by atoms with Crippen LogP contribution in [0, 0.1) is 0 Å². The number of alkyl carbamates (subject to hydrolysis) is 1. The van der Waals surface area contributed by atoms with Crippen molar-refractivity contribution in [1.29, 1.82) is 0 Å². The van der Waals surface area contributed by atoms with Gasteiger partial charge in [0.15, 0.2) is 0 Å². The summed E-state index contributed by atoms with van der Waals surface area (Å²) in [6.45, 7) is 0.367. The molecule has 0 saturated heterocycles. The standard InChI is InChI=1S/C21H24N2O2/c22-14-9-11-15(12-10-14)23-21(24)25-13-20-18-7-3-1-5-16(18)17-6-2-4-8-19(17)20/h1-8,14-15,20H,9-13,22H2,(H,23,24). The molecule has 0 unspecified atom stereocenters. The van der Waals surface area contributed by atoms with Crippen LogP contribution in [0.15, 0.2) is 48.5 Å². The predicted octanol–water partition coefficient (Wildman–Crippen LogP) is 3.80. The second-order valence-electron chi connectivity index (χ2n) is 7.08. The third-order valence-corrected chi connectivity index (χ3v) is 5.44. The molecule has 0 bridgehead atoms. The number of rotatable bonds is 3. The monoisotopic (exact) mass is 336 g/mol. The largest absolute Gasteiger partial charge is 0.449 e. The second-order valence-corrected chi connectivity index (χ2v) is 7.08. The molecule has 0 spiro atoms. The minimum atomic E-state index is -0.317. The van der Waals surface area contributed by atoms with Crippen LogP contribution >= 0.6 is 0 Å². The van der Waals surface area contributed by atoms with Crippen molar-refractivity contribution in [3.8, 4) is 11.1 Å². The molecule has 130 valence electrons. The molecular formula is C21H24N2O2. The van der Waals surface area contributed by atoms with Crippen LogP contribution in [-0.2, 0) is 4.74 Å². The molecule has 2 aromatic rings. The maximum atomic E-state index is 12.2. The quantitative estimate of drug-likeness (QED) is 0.896. The van der Waals surface area contributed by atoms with Gasteiger partial charge in [-0.1, -0.05) is 48.5 Å². The van der Waals surface area contributed by atoms with E-state index in [9.17, 15) is 4.79 Å². The van der Waals surface area contributed by atoms with Gasteiger partial charge in [-0.05, 0) is 47.9 Å². The summed E-state index contributed by atoms with van der Waals surface area (Å²) in [4.78, 5) is 12.2. The third-order valence-electron chi connectivity index (χ3n) is 5.44. The van der Waals surface area contributed by atoms with Crippen LogP contribution in [0.5, 0.6) is 0 Å². The van der Waals surface area contributed by atoms with Crippen molar-refractivity contribution in [2.24, 2.45) is 5.73 Å². The summed E-state index contributed by atoms with van der Waals surface area (Å²) >= 11 is 0. The SMILES string of the molecule is NC1CCC(NC(=O)OCC2c3ccccc3-c3ccccc32)CC1. The Balaban J connectivity index is 1.42. The van der Waals surface area contributed by atoms with Crippen molar-refractivity contribution >= 4 is 6.09 Å². The van der Waals surface area contributed by atoms with Crippen LogP contribution in [0.1, 0.15) is 42.7 Å². The maximum absolute atomic E-state index is 12.2. The van der Waals surface area contributed by atoms with E-state index in [0.717, 1.165) is 25.7 Å². The number of nitrogens with one attached hydrogen (secondary N) is 1. The first-order valence-corrected chi connectivity index (χ1v) is 9.09. The number of nitrogens with two attached hydrogens (primary N) is 1. The Morgan fingerprint density at radius 2 is 1.52 bits per heavy atom. The van der Waals surface area contributed by atoms with Crippen molar-refractivity contribution in [2.45, 2.75) is 43.7 Å². The van der Waals surface area contributed by atoms with Crippen LogP contribution in [0.4, 0.5) is 4.79 Å². The molecule has 2 aliphatic rings. The fourth-order valence-corrected chi connectivity index (χ4v) is 4.07. The highest BCUT2D eigenvalue weighted by Crippen LogP contribution is 2.44. The van der Waals surface area contributed by atoms with E-state index in [2.05, 4.69) is 41.7 Å². The molecule has 25 heavy (non-hydrogen) atoms. The van der Waals surface area contributed by atoms with Crippen molar-refractivity contribution in [3.05, 3.63) is 59.7 Å². The van der Waals surface area contributed by atoms with E-state index in [0.29, 0.717) is 6.61 Å². The Morgan fingerprint density at radius 1 is 0.960 bits per heavy atom. The predicted molar refractivity (Wildman–Crippen MR) is 98.4 cm³/mol. The van der Waals surface area contributed by atoms with Crippen molar-refractivity contribution in [1.82, 2.24) is 5.32 Å². The van der Waals surface area contributed by atoms with E-state index in [1.807, 2.05) is 12.1 Å². The summed E-state index contributed by atoms with van der Waals surface area (Å²) in [5.74, 6) is 0.109. The molecule has 2 aliphatic carbocycles. The lowest BCUT2D eigenvalue weighted by Gasteiger charge is -2.26. The molecule has 4 rings (SSSR count). The molecule has 0 radical (unpaired) electrons. The van der Waals surface area contributed by atoms with Crippen LogP contribution in [0.25, 0.3) is 11.1 Å². The van der Waals surface area contributed by atoms with E-state index < -0.39 is 0 Å². The molecule has 0 aliphatic heterocycles. The Kier molecular flexibility index (Phi) is 4.45. The van der Waals surface area contributed by atoms with Crippen molar-refractivity contribution < 1.29 is 9.53 Å². The highest BCUT2D eigenvalue weighted by molar-refractivity contribution is 5.79. The molecule has 0 aromatic heterocycles. The lowest BCUT2D eigenvalue weighted by atomic mass is 9.92. The Labute approximate surface area is 148 Å². The fourth-order valence-electron chi connectivity index (χ4n) is 4.07. The van der Waals surface area contributed by atoms with Gasteiger partial charge in [-0.25, -0.2) is 4.79 Å². The van der Waals surface area contributed by atoms with Gasteiger partial charge in [0.25, 0.3) is 0 Å². The van der Waals surface area contributed by atoms with Gasteiger partial charge < -0.3 is 15.8 Å². The molecule has 3 N–H and O–H groups in total. The lowest BCUT2D eigenvalue weighted by Crippen LogP contribution is -2.41. The first-order valence-electron chi connectivity index (χ1n) is 9.09. The number of fused-ring (bicyclic) bond motifs is 3. The summed E-state index contributed by atoms with van der Waals surface area (Å²) in [6.07, 6.45) is 3.49. The Bertz CT molecular complexity index is 720. The third kappa shape index (κ3) is 3.27. The molecule has 0 heterocycles. The minimum absolute atomic E-state index is 0.109. The highest BCUT2D eigenvalue weighted by Gasteiger charge is 2.29. The zero-order chi connectivity index (χ0) is 17.2. The number of hydrogen-bond acceptors (Lipinski definition) is 3. The first-order chi connectivity index (χ1) is 12.2. The van der Waals surface area contributed by atoms with E-state index >= 15 is 0 Å². The van der Waals surface area contributed by atoms with Gasteiger partial charge >= 0.3 is 6.09 Å². The summed E-state index contributed by atoms with van der Waals surface area (Å²) in [5, 5.41) is 2.99. The number of carbonyl (C=O) groups excluding carboxylic acids is 1. The van der Waals surface area contributed by atoms with Crippen LogP contribution < -0.4 is 11.1 Å². The van der Waals surface area contributed by atoms with Gasteiger partial charge in [-0.3, -0.25) is 0 Å². The average Bonchev–Trinajstić information content (AvgIpc) is 2.96. The van der Waals surface area contributed by atoms with Gasteiger partial charge in [0, 0.05) is 18.0 Å². The van der Waals surface area contributed by atoms with Gasteiger partial charge in [0.1, 0.15) is 6.61 Å². The summed E-state index contributed by atoms with van der Waals surface area (Å²) < 4.78 is 5.59. The number of amides is 1. The normalized spacial score (nSPS) is 22.1. The average molecular weight is 336 g/mol. The van der Waals surface area contributed by atoms with Crippen LogP contribution in [0.3, 0.4) is 0 Å². The number of carbonyl (C=O) groups is 1. The summed E-state index contributed by atoms with van der Waals surface area (Å²) in [6, 6.07) is 17.2. The van der Waals surface area contributed by atoms with Gasteiger partial charge in [-0.2, -0.15) is 0 Å². The molecule has 2 aromatic carbocycles. The van der Waals surface area contributed by atoms with Crippen LogP contribution in [0.2, 0.25) is 0 Å². The summed E-state index contributed by atoms with van der Waals surface area (Å²) in [5.41, 5.74) is 10.9. The van der Waals surface area contributed by atoms with Crippen LogP contribution in [-0.4, -0.2) is 24.8 Å². The minimum Gasteiger partial charge on any atom is -0.449 e. The fraction of sp³-hybridized carbons (Fsp3) is 0.381. The maximum Gasteiger partial charge on any atom is 0.407 e. The van der Waals surface area contributed by atoms with E-state index in [1.54, 1.807) is 0 Å². The second kappa shape index (κ2) is 6.89. The smallest absolute Gasteiger partial charge is 0.407 e. The van der Waals surface area contributed by atoms with E-state index in [-0.39, 0.29) is 24.1 Å². The molecule has 0 atom stereocenters. The Morgan fingerprint density at radius 3 is 2.12 bits per heavy atom. The number of benzene rings is 2. The van der Waals surface area contributed by atoms with Gasteiger partial charge in [0.05, 0.1) is 0 Å². The number of ether oxygens (including phenoxy) is 1. The summed E-state index contributed by atoms with van der Waals surface area (Å²) in [7, 11) is 0. The zero-order valence-electron chi connectivity index (χ0n) is 14.3. The van der Waals surface area contributed by atoms with Gasteiger partial charge in [0.2, 0.25) is 0 Å². The van der Waals surface area contributed by atoms with Crippen molar-refractivity contribution in [3.63, 3.8) is 0 Å². The topological polar surface area (TPSA) is 64.3 Å². The van der Waals surface area contributed by atoms with Crippen molar-refractivity contribution in [2.75, 3.05) is 6.61 Å². The van der Waals surface area contributed by atoms with E-state index in [4.69, 9.17) is 10.5 Å². The lowest BCUT2D eigenvalue weighted by molar-refractivity contribution is 0.136. The molecule has 4 nitrogen and oxygen atoms in total. The zero-order valence-corrected chi connectivity index (χ0v) is 14.3. The van der Waals surface area contributed by atoms with Gasteiger partial charge in [-0.15, -0.1) is 0 Å².